The highest BCUT2D eigenvalue weighted by molar-refractivity contribution is 6.30. The van der Waals surface area contributed by atoms with Gasteiger partial charge >= 0.3 is 6.03 Å². The Bertz CT molecular complexity index is 759. The molecule has 5 nitrogen and oxygen atoms in total. The van der Waals surface area contributed by atoms with Crippen molar-refractivity contribution >= 4 is 17.6 Å². The molecule has 34 heavy (non-hydrogen) atoms. The van der Waals surface area contributed by atoms with E-state index in [1.807, 2.05) is 17.0 Å². The normalized spacial score (nSPS) is 21.3. The molecule has 0 spiro atoms. The van der Waals surface area contributed by atoms with Crippen LogP contribution in [0.3, 0.4) is 0 Å². The Balaban J connectivity index is 1.57. The van der Waals surface area contributed by atoms with E-state index in [0.29, 0.717) is 31.2 Å². The molecule has 3 atom stereocenters. The van der Waals surface area contributed by atoms with E-state index >= 15 is 0 Å². The second-order valence-electron chi connectivity index (χ2n) is 10.3. The number of rotatable bonds is 11. The van der Waals surface area contributed by atoms with Crippen molar-refractivity contribution in [3.05, 3.63) is 34.6 Å². The molecule has 1 aromatic carbocycles. The summed E-state index contributed by atoms with van der Waals surface area (Å²) in [5.74, 6) is 0.605. The molecule has 0 bridgehead atoms. The van der Waals surface area contributed by atoms with Crippen molar-refractivity contribution in [2.24, 2.45) is 17.6 Å². The molecule has 1 saturated carbocycles. The molecular weight excluding hydrogens is 453 g/mol. The summed E-state index contributed by atoms with van der Waals surface area (Å²) < 4.78 is 20.2. The van der Waals surface area contributed by atoms with E-state index < -0.39 is 0 Å². The molecule has 1 aliphatic heterocycles. The summed E-state index contributed by atoms with van der Waals surface area (Å²) in [5.41, 5.74) is 7.02. The number of amides is 2. The smallest absolute Gasteiger partial charge is 0.317 e. The number of piperidine rings is 1. The Morgan fingerprint density at radius 1 is 1.24 bits per heavy atom. The summed E-state index contributed by atoms with van der Waals surface area (Å²) in [6.07, 6.45) is 12.1. The van der Waals surface area contributed by atoms with Gasteiger partial charge in [-0.3, -0.25) is 0 Å². The summed E-state index contributed by atoms with van der Waals surface area (Å²) in [7, 11) is 1.70. The van der Waals surface area contributed by atoms with E-state index in [1.54, 1.807) is 13.2 Å². The molecule has 1 aliphatic carbocycles. The van der Waals surface area contributed by atoms with Crippen LogP contribution in [-0.4, -0.2) is 50.3 Å². The molecule has 1 heterocycles. The molecule has 2 aliphatic rings. The molecule has 1 aromatic rings. The van der Waals surface area contributed by atoms with Crippen molar-refractivity contribution < 1.29 is 13.9 Å². The molecule has 7 heteroatoms. The SMILES string of the molecule is COCCCC[C@@H](c1cccc(Cl)c1F)[C@@H]1CCCN(C(=O)NC[C@@H](N)CC2CCCCC2)C1. The number of urea groups is 1. The Morgan fingerprint density at radius 3 is 2.79 bits per heavy atom. The number of hydrogen-bond donors (Lipinski definition) is 2. The number of ether oxygens (including phenoxy) is 1. The number of benzene rings is 1. The number of halogens is 2. The Morgan fingerprint density at radius 2 is 2.03 bits per heavy atom. The first-order valence-corrected chi connectivity index (χ1v) is 13.6. The fourth-order valence-corrected chi connectivity index (χ4v) is 6.03. The second-order valence-corrected chi connectivity index (χ2v) is 10.7. The van der Waals surface area contributed by atoms with Crippen LogP contribution in [-0.2, 0) is 4.74 Å². The summed E-state index contributed by atoms with van der Waals surface area (Å²) in [5, 5.41) is 3.24. The Hall–Kier alpha value is -1.37. The van der Waals surface area contributed by atoms with Crippen LogP contribution in [0.1, 0.15) is 82.1 Å². The van der Waals surface area contributed by atoms with Crippen molar-refractivity contribution in [1.29, 1.82) is 0 Å². The lowest BCUT2D eigenvalue weighted by atomic mass is 9.78. The van der Waals surface area contributed by atoms with E-state index in [2.05, 4.69) is 5.32 Å². The van der Waals surface area contributed by atoms with Crippen LogP contribution in [0.2, 0.25) is 5.02 Å². The van der Waals surface area contributed by atoms with Gasteiger partial charge in [-0.05, 0) is 61.5 Å². The third-order valence-electron chi connectivity index (χ3n) is 7.68. The van der Waals surface area contributed by atoms with Gasteiger partial charge in [-0.15, -0.1) is 0 Å². The number of hydrogen-bond acceptors (Lipinski definition) is 3. The number of likely N-dealkylation sites (tertiary alicyclic amines) is 1. The largest absolute Gasteiger partial charge is 0.385 e. The number of unbranched alkanes of at least 4 members (excludes halogenated alkanes) is 1. The lowest BCUT2D eigenvalue weighted by Gasteiger charge is -2.37. The average molecular weight is 496 g/mol. The van der Waals surface area contributed by atoms with Gasteiger partial charge in [-0.2, -0.15) is 0 Å². The summed E-state index contributed by atoms with van der Waals surface area (Å²) in [6.45, 7) is 2.57. The monoisotopic (exact) mass is 495 g/mol. The Labute approximate surface area is 209 Å². The van der Waals surface area contributed by atoms with Crippen molar-refractivity contribution in [1.82, 2.24) is 10.2 Å². The van der Waals surface area contributed by atoms with E-state index in [9.17, 15) is 9.18 Å². The molecule has 3 N–H and O–H groups in total. The van der Waals surface area contributed by atoms with Crippen LogP contribution in [0.5, 0.6) is 0 Å². The van der Waals surface area contributed by atoms with Crippen molar-refractivity contribution in [3.8, 4) is 0 Å². The van der Waals surface area contributed by atoms with Gasteiger partial charge in [0.25, 0.3) is 0 Å². The minimum Gasteiger partial charge on any atom is -0.385 e. The highest BCUT2D eigenvalue weighted by Crippen LogP contribution is 2.38. The van der Waals surface area contributed by atoms with Crippen molar-refractivity contribution in [2.75, 3.05) is 33.4 Å². The molecule has 0 unspecified atom stereocenters. The van der Waals surface area contributed by atoms with Crippen molar-refractivity contribution in [3.63, 3.8) is 0 Å². The van der Waals surface area contributed by atoms with Gasteiger partial charge in [-0.25, -0.2) is 9.18 Å². The zero-order valence-corrected chi connectivity index (χ0v) is 21.5. The van der Waals surface area contributed by atoms with E-state index in [0.717, 1.165) is 45.1 Å². The van der Waals surface area contributed by atoms with E-state index in [1.165, 1.54) is 32.1 Å². The van der Waals surface area contributed by atoms with Crippen LogP contribution in [0.15, 0.2) is 18.2 Å². The molecular formula is C27H43ClFN3O2. The number of carbonyl (C=O) groups is 1. The number of nitrogens with zero attached hydrogens (tertiary/aromatic N) is 1. The van der Waals surface area contributed by atoms with Gasteiger partial charge in [0.1, 0.15) is 5.82 Å². The molecule has 2 amide bonds. The van der Waals surface area contributed by atoms with Gasteiger partial charge in [-0.1, -0.05) is 62.3 Å². The third-order valence-corrected chi connectivity index (χ3v) is 7.98. The second kappa shape index (κ2) is 14.3. The lowest BCUT2D eigenvalue weighted by Crippen LogP contribution is -2.49. The molecule has 3 rings (SSSR count). The fraction of sp³-hybridized carbons (Fsp3) is 0.741. The predicted molar refractivity (Wildman–Crippen MR) is 137 cm³/mol. The number of carbonyl (C=O) groups excluding carboxylic acids is 1. The molecule has 192 valence electrons. The maximum atomic E-state index is 15.0. The van der Waals surface area contributed by atoms with Gasteiger partial charge in [0.05, 0.1) is 5.02 Å². The molecule has 1 saturated heterocycles. The maximum absolute atomic E-state index is 15.0. The van der Waals surface area contributed by atoms with Gasteiger partial charge < -0.3 is 20.7 Å². The van der Waals surface area contributed by atoms with Crippen LogP contribution in [0.4, 0.5) is 9.18 Å². The molecule has 2 fully saturated rings. The molecule has 0 aromatic heterocycles. The van der Waals surface area contributed by atoms with Crippen LogP contribution in [0, 0.1) is 17.7 Å². The number of nitrogens with one attached hydrogen (secondary N) is 1. The van der Waals surface area contributed by atoms with Gasteiger partial charge in [0, 0.05) is 39.4 Å². The highest BCUT2D eigenvalue weighted by Gasteiger charge is 2.32. The summed E-state index contributed by atoms with van der Waals surface area (Å²) >= 11 is 6.12. The van der Waals surface area contributed by atoms with E-state index in [-0.39, 0.29) is 34.7 Å². The topological polar surface area (TPSA) is 67.6 Å². The highest BCUT2D eigenvalue weighted by atomic mass is 35.5. The van der Waals surface area contributed by atoms with Gasteiger partial charge in [0.15, 0.2) is 0 Å². The first-order chi connectivity index (χ1) is 16.5. The molecule has 0 radical (unpaired) electrons. The van der Waals surface area contributed by atoms with E-state index in [4.69, 9.17) is 22.1 Å². The third kappa shape index (κ3) is 8.10. The zero-order valence-electron chi connectivity index (χ0n) is 20.7. The van der Waals surface area contributed by atoms with Crippen LogP contribution >= 0.6 is 11.6 Å². The summed E-state index contributed by atoms with van der Waals surface area (Å²) in [6, 6.07) is 5.23. The summed E-state index contributed by atoms with van der Waals surface area (Å²) in [4.78, 5) is 14.9. The Kier molecular flexibility index (Phi) is 11.4. The zero-order chi connectivity index (χ0) is 24.3. The fourth-order valence-electron chi connectivity index (χ4n) is 5.85. The first-order valence-electron chi connectivity index (χ1n) is 13.2. The van der Waals surface area contributed by atoms with Gasteiger partial charge in [0.2, 0.25) is 0 Å². The van der Waals surface area contributed by atoms with Crippen LogP contribution in [0.25, 0.3) is 0 Å². The minimum atomic E-state index is -0.323. The van der Waals surface area contributed by atoms with Crippen molar-refractivity contribution in [2.45, 2.75) is 82.6 Å². The average Bonchev–Trinajstić information content (AvgIpc) is 2.85. The standard InChI is InChI=1S/C27H43ClFN3O2/c1-34-16-6-5-12-23(24-13-7-14-25(28)26(24)29)21-11-8-15-32(19-21)27(33)31-18-22(30)17-20-9-3-2-4-10-20/h7,13-14,20-23H,2-6,8-12,15-19,30H2,1H3,(H,31,33)/t21-,22+,23-/m1/s1. The number of nitrogens with two attached hydrogens (primary N) is 1. The maximum Gasteiger partial charge on any atom is 0.317 e. The first kappa shape index (κ1) is 27.2. The quantitative estimate of drug-likeness (QED) is 0.364. The number of methoxy groups -OCH3 is 1. The van der Waals surface area contributed by atoms with Crippen LogP contribution < -0.4 is 11.1 Å². The lowest BCUT2D eigenvalue weighted by molar-refractivity contribution is 0.150. The minimum absolute atomic E-state index is 0.00160. The predicted octanol–water partition coefficient (Wildman–Crippen LogP) is 6.10.